The fraction of sp³-hybridized carbons (Fsp3) is 0.684. The second-order valence-corrected chi connectivity index (χ2v) is 10.1. The smallest absolute Gasteiger partial charge is 0.360 e. The van der Waals surface area contributed by atoms with Crippen LogP contribution in [0, 0.1) is 5.41 Å². The standard InChI is InChI=1S/C19H25F2N3O2S/c1-6-26-15(25)12-14(23-9-19(20,21)10-23)24-11-7-17(2,3)8-18(4,5)13(11)27-16(24)22-12/h6-10H2,1-5H3. The number of hydrogen-bond acceptors (Lipinski definition) is 5. The number of esters is 1. The lowest BCUT2D eigenvalue weighted by Gasteiger charge is -2.42. The number of ether oxygens (including phenoxy) is 1. The number of fused-ring (bicyclic) bond motifs is 3. The Morgan fingerprint density at radius 3 is 2.52 bits per heavy atom. The second kappa shape index (κ2) is 5.65. The first-order valence-electron chi connectivity index (χ1n) is 9.29. The summed E-state index contributed by atoms with van der Waals surface area (Å²) in [5, 5.41) is 0. The van der Waals surface area contributed by atoms with E-state index in [0.717, 1.165) is 18.5 Å². The van der Waals surface area contributed by atoms with Gasteiger partial charge in [0.25, 0.3) is 5.92 Å². The molecule has 4 rings (SSSR count). The molecule has 0 saturated carbocycles. The van der Waals surface area contributed by atoms with E-state index < -0.39 is 25.0 Å². The fourth-order valence-electron chi connectivity index (χ4n) is 4.73. The third-order valence-electron chi connectivity index (χ3n) is 5.34. The van der Waals surface area contributed by atoms with E-state index >= 15 is 0 Å². The molecule has 148 valence electrons. The summed E-state index contributed by atoms with van der Waals surface area (Å²) in [6, 6.07) is 0. The summed E-state index contributed by atoms with van der Waals surface area (Å²) in [5.74, 6) is -2.83. The molecule has 27 heavy (non-hydrogen) atoms. The zero-order chi connectivity index (χ0) is 19.8. The van der Waals surface area contributed by atoms with Crippen molar-refractivity contribution in [3.05, 3.63) is 16.3 Å². The molecule has 0 aromatic carbocycles. The number of carbonyl (C=O) groups excluding carboxylic acids is 1. The van der Waals surface area contributed by atoms with E-state index in [9.17, 15) is 13.6 Å². The van der Waals surface area contributed by atoms with Crippen molar-refractivity contribution < 1.29 is 18.3 Å². The van der Waals surface area contributed by atoms with Gasteiger partial charge in [-0.1, -0.05) is 27.7 Å². The first-order chi connectivity index (χ1) is 12.4. The predicted octanol–water partition coefficient (Wildman–Crippen LogP) is 4.28. The van der Waals surface area contributed by atoms with Crippen LogP contribution in [-0.2, 0) is 16.6 Å². The van der Waals surface area contributed by atoms with E-state index in [2.05, 4.69) is 32.7 Å². The Hall–Kier alpha value is -1.70. The van der Waals surface area contributed by atoms with Gasteiger partial charge in [0.15, 0.2) is 10.7 Å². The molecule has 1 aliphatic heterocycles. The highest BCUT2D eigenvalue weighted by Crippen LogP contribution is 2.50. The number of anilines is 1. The zero-order valence-corrected chi connectivity index (χ0v) is 17.2. The molecular formula is C19H25F2N3O2S. The molecule has 3 heterocycles. The van der Waals surface area contributed by atoms with E-state index in [1.165, 1.54) is 4.88 Å². The number of thiazole rings is 1. The molecule has 2 aliphatic rings. The molecule has 0 amide bonds. The van der Waals surface area contributed by atoms with Crippen molar-refractivity contribution in [2.75, 3.05) is 24.6 Å². The number of nitrogens with zero attached hydrogens (tertiary/aromatic N) is 3. The number of imidazole rings is 1. The average Bonchev–Trinajstić information content (AvgIpc) is 3.00. The Labute approximate surface area is 161 Å². The van der Waals surface area contributed by atoms with Crippen LogP contribution < -0.4 is 4.90 Å². The molecule has 0 spiro atoms. The molecule has 1 aliphatic carbocycles. The van der Waals surface area contributed by atoms with Gasteiger partial charge in [0.2, 0.25) is 0 Å². The first kappa shape index (κ1) is 18.7. The summed E-state index contributed by atoms with van der Waals surface area (Å²) in [4.78, 5) is 20.4. The van der Waals surface area contributed by atoms with E-state index in [4.69, 9.17) is 4.74 Å². The Bertz CT molecular complexity index is 921. The topological polar surface area (TPSA) is 46.8 Å². The van der Waals surface area contributed by atoms with Gasteiger partial charge in [0.1, 0.15) is 5.82 Å². The highest BCUT2D eigenvalue weighted by atomic mass is 32.1. The Morgan fingerprint density at radius 1 is 1.26 bits per heavy atom. The molecule has 0 unspecified atom stereocenters. The molecule has 0 bridgehead atoms. The van der Waals surface area contributed by atoms with Crippen molar-refractivity contribution in [1.82, 2.24) is 9.38 Å². The molecular weight excluding hydrogens is 372 g/mol. The number of carbonyl (C=O) groups is 1. The monoisotopic (exact) mass is 397 g/mol. The molecule has 0 radical (unpaired) electrons. The highest BCUT2D eigenvalue weighted by molar-refractivity contribution is 7.17. The Morgan fingerprint density at radius 2 is 1.93 bits per heavy atom. The SMILES string of the molecule is CCOC(=O)c1nc2sc3c(n2c1N1CC(F)(F)C1)CC(C)(C)CC3(C)C. The molecule has 1 saturated heterocycles. The summed E-state index contributed by atoms with van der Waals surface area (Å²) >= 11 is 1.56. The van der Waals surface area contributed by atoms with Gasteiger partial charge in [-0.3, -0.25) is 4.40 Å². The fourth-order valence-corrected chi connectivity index (χ4v) is 5.96. The summed E-state index contributed by atoms with van der Waals surface area (Å²) in [6.07, 6.45) is 1.86. The van der Waals surface area contributed by atoms with Gasteiger partial charge in [0.05, 0.1) is 19.7 Å². The van der Waals surface area contributed by atoms with Gasteiger partial charge in [-0.15, -0.1) is 11.3 Å². The minimum absolute atomic E-state index is 0.0251. The molecule has 0 atom stereocenters. The maximum atomic E-state index is 13.6. The average molecular weight is 397 g/mol. The third kappa shape index (κ3) is 2.92. The summed E-state index contributed by atoms with van der Waals surface area (Å²) in [7, 11) is 0. The normalized spacial score (nSPS) is 22.4. The van der Waals surface area contributed by atoms with Gasteiger partial charge in [-0.25, -0.2) is 18.6 Å². The lowest BCUT2D eigenvalue weighted by Crippen LogP contribution is -2.57. The Kier molecular flexibility index (Phi) is 3.91. The van der Waals surface area contributed by atoms with Crippen molar-refractivity contribution in [3.8, 4) is 0 Å². The zero-order valence-electron chi connectivity index (χ0n) is 16.4. The minimum atomic E-state index is -2.73. The molecule has 8 heteroatoms. The van der Waals surface area contributed by atoms with Crippen LogP contribution in [0.4, 0.5) is 14.6 Å². The van der Waals surface area contributed by atoms with E-state index in [-0.39, 0.29) is 23.1 Å². The Balaban J connectivity index is 1.92. The molecule has 2 aromatic rings. The highest BCUT2D eigenvalue weighted by Gasteiger charge is 2.48. The van der Waals surface area contributed by atoms with Crippen LogP contribution in [0.5, 0.6) is 0 Å². The second-order valence-electron chi connectivity index (χ2n) is 9.11. The van der Waals surface area contributed by atoms with Crippen molar-refractivity contribution in [1.29, 1.82) is 0 Å². The number of alkyl halides is 2. The summed E-state index contributed by atoms with van der Waals surface area (Å²) in [5.41, 5.74) is 1.28. The number of rotatable bonds is 3. The van der Waals surface area contributed by atoms with Crippen molar-refractivity contribution in [2.24, 2.45) is 5.41 Å². The lowest BCUT2D eigenvalue weighted by molar-refractivity contribution is -0.0270. The third-order valence-corrected chi connectivity index (χ3v) is 6.79. The summed E-state index contributed by atoms with van der Waals surface area (Å²) < 4.78 is 34.2. The van der Waals surface area contributed by atoms with E-state index in [0.29, 0.717) is 10.8 Å². The number of halogens is 2. The van der Waals surface area contributed by atoms with Gasteiger partial charge in [-0.05, 0) is 25.2 Å². The quantitative estimate of drug-likeness (QED) is 0.726. The van der Waals surface area contributed by atoms with Crippen molar-refractivity contribution in [2.45, 2.75) is 58.8 Å². The minimum Gasteiger partial charge on any atom is -0.461 e. The molecule has 5 nitrogen and oxygen atoms in total. The number of aromatic nitrogens is 2. The van der Waals surface area contributed by atoms with Crippen molar-refractivity contribution in [3.63, 3.8) is 0 Å². The van der Waals surface area contributed by atoms with Gasteiger partial charge in [-0.2, -0.15) is 0 Å². The van der Waals surface area contributed by atoms with Crippen LogP contribution in [0.2, 0.25) is 0 Å². The first-order valence-corrected chi connectivity index (χ1v) is 10.1. The largest absolute Gasteiger partial charge is 0.461 e. The van der Waals surface area contributed by atoms with Crippen LogP contribution in [0.15, 0.2) is 0 Å². The molecule has 1 fully saturated rings. The van der Waals surface area contributed by atoms with Gasteiger partial charge < -0.3 is 9.64 Å². The van der Waals surface area contributed by atoms with Crippen molar-refractivity contribution >= 4 is 28.1 Å². The predicted molar refractivity (Wildman–Crippen MR) is 101 cm³/mol. The van der Waals surface area contributed by atoms with Gasteiger partial charge in [0, 0.05) is 16.0 Å². The maximum absolute atomic E-state index is 13.6. The van der Waals surface area contributed by atoms with E-state index in [1.807, 2.05) is 4.40 Å². The van der Waals surface area contributed by atoms with Gasteiger partial charge >= 0.3 is 5.97 Å². The molecule has 2 aromatic heterocycles. The van der Waals surface area contributed by atoms with Crippen LogP contribution in [0.3, 0.4) is 0 Å². The van der Waals surface area contributed by atoms with Crippen LogP contribution >= 0.6 is 11.3 Å². The molecule has 0 N–H and O–H groups in total. The lowest BCUT2D eigenvalue weighted by atomic mass is 9.67. The summed E-state index contributed by atoms with van der Waals surface area (Å²) in [6.45, 7) is 10.0. The van der Waals surface area contributed by atoms with Crippen LogP contribution in [0.1, 0.15) is 62.1 Å². The van der Waals surface area contributed by atoms with Crippen LogP contribution in [0.25, 0.3) is 4.96 Å². The number of hydrogen-bond donors (Lipinski definition) is 0. The van der Waals surface area contributed by atoms with E-state index in [1.54, 1.807) is 23.2 Å². The van der Waals surface area contributed by atoms with Crippen LogP contribution in [-0.4, -0.2) is 41.0 Å². The maximum Gasteiger partial charge on any atom is 0.360 e.